The van der Waals surface area contributed by atoms with Gasteiger partial charge in [-0.3, -0.25) is 14.5 Å². The Balaban J connectivity index is 1.63. The van der Waals surface area contributed by atoms with Gasteiger partial charge in [-0.1, -0.05) is 23.2 Å². The average molecular weight is 375 g/mol. The molecule has 1 N–H and O–H groups in total. The Morgan fingerprint density at radius 3 is 2.75 bits per heavy atom. The maximum atomic E-state index is 11.7. The Bertz CT molecular complexity index is 638. The Kier molecular flexibility index (Phi) is 6.69. The number of urea groups is 1. The molecule has 0 bridgehead atoms. The first-order valence-electron chi connectivity index (χ1n) is 7.29. The molecule has 130 valence electrons. The number of benzene rings is 1. The second-order valence-electron chi connectivity index (χ2n) is 4.96. The van der Waals surface area contributed by atoms with Gasteiger partial charge < -0.3 is 14.8 Å². The number of nitrogens with one attached hydrogen (secondary N) is 1. The molecule has 1 fully saturated rings. The average Bonchev–Trinajstić information content (AvgIpc) is 2.97. The molecule has 1 aromatic rings. The first kappa shape index (κ1) is 18.4. The van der Waals surface area contributed by atoms with Crippen molar-refractivity contribution in [3.63, 3.8) is 0 Å². The zero-order valence-corrected chi connectivity index (χ0v) is 14.2. The van der Waals surface area contributed by atoms with Crippen LogP contribution in [0.2, 0.25) is 10.0 Å². The van der Waals surface area contributed by atoms with Gasteiger partial charge >= 0.3 is 12.0 Å². The van der Waals surface area contributed by atoms with Gasteiger partial charge in [-0.05, 0) is 24.6 Å². The minimum Gasteiger partial charge on any atom is -0.492 e. The van der Waals surface area contributed by atoms with Crippen LogP contribution in [-0.2, 0) is 14.3 Å². The van der Waals surface area contributed by atoms with Crippen LogP contribution in [-0.4, -0.2) is 49.1 Å². The third-order valence-corrected chi connectivity index (χ3v) is 3.72. The summed E-state index contributed by atoms with van der Waals surface area (Å²) in [5.41, 5.74) is 0. The second kappa shape index (κ2) is 8.75. The van der Waals surface area contributed by atoms with E-state index in [0.717, 1.165) is 4.90 Å². The third-order valence-electron chi connectivity index (χ3n) is 3.19. The maximum Gasteiger partial charge on any atom is 0.324 e. The summed E-state index contributed by atoms with van der Waals surface area (Å²) in [7, 11) is 0. The number of esters is 1. The van der Waals surface area contributed by atoms with Gasteiger partial charge in [0.2, 0.25) is 0 Å². The molecule has 1 saturated heterocycles. The van der Waals surface area contributed by atoms with E-state index in [1.54, 1.807) is 18.2 Å². The molecule has 1 heterocycles. The lowest BCUT2D eigenvalue weighted by Gasteiger charge is -2.12. The summed E-state index contributed by atoms with van der Waals surface area (Å²) in [4.78, 5) is 35.5. The number of hydrogen-bond donors (Lipinski definition) is 1. The van der Waals surface area contributed by atoms with Crippen LogP contribution in [0.5, 0.6) is 5.75 Å². The largest absolute Gasteiger partial charge is 0.492 e. The number of carbonyl (C=O) groups is 3. The third kappa shape index (κ3) is 5.28. The van der Waals surface area contributed by atoms with E-state index in [9.17, 15) is 14.4 Å². The van der Waals surface area contributed by atoms with E-state index in [1.807, 2.05) is 0 Å². The van der Waals surface area contributed by atoms with Crippen LogP contribution in [0.4, 0.5) is 4.79 Å². The number of hydrogen-bond acceptors (Lipinski definition) is 5. The van der Waals surface area contributed by atoms with Crippen molar-refractivity contribution >= 4 is 41.1 Å². The molecule has 0 aromatic heterocycles. The summed E-state index contributed by atoms with van der Waals surface area (Å²) in [6.07, 6.45) is 0.487. The molecule has 0 spiro atoms. The number of amides is 3. The minimum absolute atomic E-state index is 0.0880. The molecule has 0 radical (unpaired) electrons. The van der Waals surface area contributed by atoms with Crippen LogP contribution >= 0.6 is 23.2 Å². The summed E-state index contributed by atoms with van der Waals surface area (Å²) in [5, 5.41) is 3.39. The van der Waals surface area contributed by atoms with Gasteiger partial charge in [0.1, 0.15) is 5.75 Å². The van der Waals surface area contributed by atoms with Crippen LogP contribution in [0.25, 0.3) is 0 Å². The number of nitrogens with zero attached hydrogens (tertiary/aromatic N) is 1. The van der Waals surface area contributed by atoms with Crippen molar-refractivity contribution in [2.75, 3.05) is 26.3 Å². The lowest BCUT2D eigenvalue weighted by atomic mass is 10.3. The molecule has 0 saturated carbocycles. The standard InChI is InChI=1S/C15H16Cl2N2O5/c16-10-3-4-12(11(17)8-10)23-7-1-2-14(21)24-9-13(20)19-6-5-18-15(19)22/h3-4,8H,1-2,5-7,9H2,(H,18,22). The summed E-state index contributed by atoms with van der Waals surface area (Å²) in [6.45, 7) is 0.503. The van der Waals surface area contributed by atoms with Crippen molar-refractivity contribution in [1.82, 2.24) is 10.2 Å². The number of carbonyl (C=O) groups excluding carboxylic acids is 3. The number of ether oxygens (including phenoxy) is 2. The fraction of sp³-hybridized carbons (Fsp3) is 0.400. The molecule has 1 aromatic carbocycles. The number of rotatable bonds is 7. The maximum absolute atomic E-state index is 11.7. The second-order valence-corrected chi connectivity index (χ2v) is 5.81. The molecular weight excluding hydrogens is 359 g/mol. The Morgan fingerprint density at radius 1 is 1.29 bits per heavy atom. The van der Waals surface area contributed by atoms with Gasteiger partial charge in [0, 0.05) is 24.5 Å². The van der Waals surface area contributed by atoms with Gasteiger partial charge in [0.25, 0.3) is 5.91 Å². The zero-order chi connectivity index (χ0) is 17.5. The molecule has 7 nitrogen and oxygen atoms in total. The molecule has 0 aliphatic carbocycles. The Labute approximate surface area is 148 Å². The predicted molar refractivity (Wildman–Crippen MR) is 87.3 cm³/mol. The van der Waals surface area contributed by atoms with E-state index in [4.69, 9.17) is 32.7 Å². The monoisotopic (exact) mass is 374 g/mol. The molecule has 1 aliphatic heterocycles. The van der Waals surface area contributed by atoms with Crippen LogP contribution in [0, 0.1) is 0 Å². The quantitative estimate of drug-likeness (QED) is 0.584. The molecular formula is C15H16Cl2N2O5. The fourth-order valence-corrected chi connectivity index (χ4v) is 2.46. The van der Waals surface area contributed by atoms with Crippen molar-refractivity contribution < 1.29 is 23.9 Å². The molecule has 1 aliphatic rings. The van der Waals surface area contributed by atoms with Crippen molar-refractivity contribution in [3.8, 4) is 5.75 Å². The van der Waals surface area contributed by atoms with E-state index in [0.29, 0.717) is 28.8 Å². The molecule has 2 rings (SSSR count). The van der Waals surface area contributed by atoms with Crippen molar-refractivity contribution in [2.24, 2.45) is 0 Å². The highest BCUT2D eigenvalue weighted by Gasteiger charge is 2.26. The smallest absolute Gasteiger partial charge is 0.324 e. The van der Waals surface area contributed by atoms with Crippen LogP contribution in [0.15, 0.2) is 18.2 Å². The predicted octanol–water partition coefficient (Wildman–Crippen LogP) is 2.25. The fourth-order valence-electron chi connectivity index (χ4n) is 1.99. The van der Waals surface area contributed by atoms with Crippen LogP contribution in [0.3, 0.4) is 0 Å². The highest BCUT2D eigenvalue weighted by atomic mass is 35.5. The normalized spacial score (nSPS) is 13.6. The minimum atomic E-state index is -0.539. The lowest BCUT2D eigenvalue weighted by Crippen LogP contribution is -2.37. The van der Waals surface area contributed by atoms with Gasteiger partial charge in [-0.15, -0.1) is 0 Å². The first-order chi connectivity index (χ1) is 11.5. The van der Waals surface area contributed by atoms with E-state index in [-0.39, 0.29) is 19.6 Å². The van der Waals surface area contributed by atoms with Gasteiger partial charge in [0.05, 0.1) is 11.6 Å². The molecule has 24 heavy (non-hydrogen) atoms. The van der Waals surface area contributed by atoms with Gasteiger partial charge in [-0.25, -0.2) is 4.79 Å². The highest BCUT2D eigenvalue weighted by molar-refractivity contribution is 6.35. The lowest BCUT2D eigenvalue weighted by molar-refractivity contribution is -0.150. The zero-order valence-electron chi connectivity index (χ0n) is 12.7. The SMILES string of the molecule is O=C(CCCOc1ccc(Cl)cc1Cl)OCC(=O)N1CCNC1=O. The van der Waals surface area contributed by atoms with Crippen molar-refractivity contribution in [3.05, 3.63) is 28.2 Å². The van der Waals surface area contributed by atoms with E-state index >= 15 is 0 Å². The number of halogens is 2. The van der Waals surface area contributed by atoms with Crippen molar-refractivity contribution in [1.29, 1.82) is 0 Å². The molecule has 0 unspecified atom stereocenters. The van der Waals surface area contributed by atoms with Gasteiger partial charge in [-0.2, -0.15) is 0 Å². The molecule has 9 heteroatoms. The Morgan fingerprint density at radius 2 is 2.08 bits per heavy atom. The van der Waals surface area contributed by atoms with E-state index in [1.165, 1.54) is 0 Å². The summed E-state index contributed by atoms with van der Waals surface area (Å²) >= 11 is 11.7. The summed E-state index contributed by atoms with van der Waals surface area (Å²) in [6, 6.07) is 4.39. The summed E-state index contributed by atoms with van der Waals surface area (Å²) < 4.78 is 10.3. The molecule has 0 atom stereocenters. The number of imide groups is 1. The van der Waals surface area contributed by atoms with Crippen LogP contribution < -0.4 is 10.1 Å². The first-order valence-corrected chi connectivity index (χ1v) is 8.04. The summed E-state index contributed by atoms with van der Waals surface area (Å²) in [5.74, 6) is -0.596. The molecule has 3 amide bonds. The van der Waals surface area contributed by atoms with E-state index < -0.39 is 24.5 Å². The van der Waals surface area contributed by atoms with Gasteiger partial charge in [0.15, 0.2) is 6.61 Å². The van der Waals surface area contributed by atoms with Crippen LogP contribution in [0.1, 0.15) is 12.8 Å². The van der Waals surface area contributed by atoms with Crippen molar-refractivity contribution in [2.45, 2.75) is 12.8 Å². The van der Waals surface area contributed by atoms with E-state index in [2.05, 4.69) is 5.32 Å². The topological polar surface area (TPSA) is 84.9 Å². The Hall–Kier alpha value is -1.99. The highest BCUT2D eigenvalue weighted by Crippen LogP contribution is 2.27.